The topological polar surface area (TPSA) is 80.6 Å². The fourth-order valence-corrected chi connectivity index (χ4v) is 3.58. The predicted octanol–water partition coefficient (Wildman–Crippen LogP) is 5.27. The van der Waals surface area contributed by atoms with E-state index in [1.54, 1.807) is 43.5 Å². The normalized spacial score (nSPS) is 12.0. The van der Waals surface area contributed by atoms with Crippen LogP contribution in [-0.2, 0) is 4.79 Å². The molecule has 0 bridgehead atoms. The summed E-state index contributed by atoms with van der Waals surface area (Å²) in [5.41, 5.74) is 3.42. The lowest BCUT2D eigenvalue weighted by atomic mass is 9.97. The van der Waals surface area contributed by atoms with Crippen molar-refractivity contribution in [2.24, 2.45) is 0 Å². The molecule has 0 aliphatic rings. The molecule has 4 rings (SSSR count). The molecule has 2 N–H and O–H groups in total. The fraction of sp³-hybridized carbons (Fsp3) is 0.103. The SMILES string of the molecule is COc1ccc(C(=O)N/C(=C\c2ccco2)C(=O)N[C@H](c2ccccc2)c2ccc(C)cc2)cc1. The highest BCUT2D eigenvalue weighted by Crippen LogP contribution is 2.23. The van der Waals surface area contributed by atoms with E-state index in [4.69, 9.17) is 9.15 Å². The molecule has 1 atom stereocenters. The summed E-state index contributed by atoms with van der Waals surface area (Å²) in [6.07, 6.45) is 3.01. The van der Waals surface area contributed by atoms with Gasteiger partial charge in [-0.05, 0) is 54.4 Å². The first kappa shape index (κ1) is 23.6. The first-order chi connectivity index (χ1) is 17.0. The number of hydrogen-bond acceptors (Lipinski definition) is 4. The molecule has 0 aliphatic carbocycles. The molecule has 6 nitrogen and oxygen atoms in total. The third-order valence-corrected chi connectivity index (χ3v) is 5.49. The highest BCUT2D eigenvalue weighted by molar-refractivity contribution is 6.05. The summed E-state index contributed by atoms with van der Waals surface area (Å²) in [6, 6.07) is 27.3. The van der Waals surface area contributed by atoms with E-state index in [0.717, 1.165) is 16.7 Å². The van der Waals surface area contributed by atoms with Crippen molar-refractivity contribution in [2.45, 2.75) is 13.0 Å². The summed E-state index contributed by atoms with van der Waals surface area (Å²) >= 11 is 0. The van der Waals surface area contributed by atoms with Crippen LogP contribution in [0, 0.1) is 6.92 Å². The fourth-order valence-electron chi connectivity index (χ4n) is 3.58. The quantitative estimate of drug-likeness (QED) is 0.347. The number of ether oxygens (including phenoxy) is 1. The van der Waals surface area contributed by atoms with E-state index < -0.39 is 17.9 Å². The Morgan fingerprint density at radius 2 is 1.54 bits per heavy atom. The van der Waals surface area contributed by atoms with Crippen LogP contribution in [0.3, 0.4) is 0 Å². The maximum atomic E-state index is 13.5. The number of rotatable bonds is 8. The highest BCUT2D eigenvalue weighted by Gasteiger charge is 2.21. The number of furan rings is 1. The molecular weight excluding hydrogens is 440 g/mol. The van der Waals surface area contributed by atoms with Crippen LogP contribution in [0.2, 0.25) is 0 Å². The minimum atomic E-state index is -0.447. The van der Waals surface area contributed by atoms with Crippen molar-refractivity contribution >= 4 is 17.9 Å². The van der Waals surface area contributed by atoms with Crippen LogP contribution in [0.5, 0.6) is 5.75 Å². The van der Waals surface area contributed by atoms with E-state index in [-0.39, 0.29) is 5.70 Å². The van der Waals surface area contributed by atoms with Gasteiger partial charge < -0.3 is 19.8 Å². The molecule has 176 valence electrons. The van der Waals surface area contributed by atoms with Crippen molar-refractivity contribution in [3.63, 3.8) is 0 Å². The zero-order valence-electron chi connectivity index (χ0n) is 19.5. The van der Waals surface area contributed by atoms with Crippen molar-refractivity contribution in [3.05, 3.63) is 131 Å². The summed E-state index contributed by atoms with van der Waals surface area (Å²) in [6.45, 7) is 2.01. The van der Waals surface area contributed by atoms with Gasteiger partial charge in [0.1, 0.15) is 17.2 Å². The van der Waals surface area contributed by atoms with Gasteiger partial charge in [0.05, 0.1) is 19.4 Å². The second kappa shape index (κ2) is 11.0. The van der Waals surface area contributed by atoms with Gasteiger partial charge in [-0.25, -0.2) is 0 Å². The van der Waals surface area contributed by atoms with Crippen LogP contribution in [0.25, 0.3) is 6.08 Å². The third-order valence-electron chi connectivity index (χ3n) is 5.49. The number of nitrogens with one attached hydrogen (secondary N) is 2. The number of aryl methyl sites for hydroxylation is 1. The Hall–Kier alpha value is -4.58. The maximum Gasteiger partial charge on any atom is 0.268 e. The van der Waals surface area contributed by atoms with Crippen molar-refractivity contribution in [2.75, 3.05) is 7.11 Å². The number of hydrogen-bond donors (Lipinski definition) is 2. The highest BCUT2D eigenvalue weighted by atomic mass is 16.5. The van der Waals surface area contributed by atoms with E-state index in [2.05, 4.69) is 10.6 Å². The standard InChI is InChI=1S/C29H26N2O4/c1-20-10-12-22(13-11-20)27(21-7-4-3-5-8-21)31-29(33)26(19-25-9-6-18-35-25)30-28(32)23-14-16-24(34-2)17-15-23/h3-19,27H,1-2H3,(H,30,32)(H,31,33)/b26-19-/t27-/m1/s1. The maximum absolute atomic E-state index is 13.5. The molecule has 0 saturated carbocycles. The van der Waals surface area contributed by atoms with Crippen molar-refractivity contribution in [1.29, 1.82) is 0 Å². The lowest BCUT2D eigenvalue weighted by molar-refractivity contribution is -0.118. The van der Waals surface area contributed by atoms with E-state index in [1.165, 1.54) is 12.3 Å². The number of amides is 2. The molecule has 2 amide bonds. The Labute approximate surface area is 204 Å². The molecule has 0 spiro atoms. The molecule has 0 fully saturated rings. The van der Waals surface area contributed by atoms with Crippen LogP contribution in [-0.4, -0.2) is 18.9 Å². The number of benzene rings is 3. The molecule has 35 heavy (non-hydrogen) atoms. The van der Waals surface area contributed by atoms with Crippen molar-refractivity contribution in [3.8, 4) is 5.75 Å². The predicted molar refractivity (Wildman–Crippen MR) is 135 cm³/mol. The van der Waals surface area contributed by atoms with Gasteiger partial charge in [-0.2, -0.15) is 0 Å². The second-order valence-corrected chi connectivity index (χ2v) is 7.98. The van der Waals surface area contributed by atoms with Gasteiger partial charge >= 0.3 is 0 Å². The summed E-state index contributed by atoms with van der Waals surface area (Å²) < 4.78 is 10.5. The van der Waals surface area contributed by atoms with Crippen LogP contribution in [0.4, 0.5) is 0 Å². The first-order valence-electron chi connectivity index (χ1n) is 11.2. The molecule has 4 aromatic rings. The van der Waals surface area contributed by atoms with Crippen LogP contribution < -0.4 is 15.4 Å². The summed E-state index contributed by atoms with van der Waals surface area (Å²) in [7, 11) is 1.56. The van der Waals surface area contributed by atoms with Crippen LogP contribution >= 0.6 is 0 Å². The number of carbonyl (C=O) groups is 2. The minimum Gasteiger partial charge on any atom is -0.497 e. The monoisotopic (exact) mass is 466 g/mol. The second-order valence-electron chi connectivity index (χ2n) is 7.98. The Bertz CT molecular complexity index is 1290. The Morgan fingerprint density at radius 3 is 2.17 bits per heavy atom. The van der Waals surface area contributed by atoms with E-state index >= 15 is 0 Å². The Morgan fingerprint density at radius 1 is 0.857 bits per heavy atom. The largest absolute Gasteiger partial charge is 0.497 e. The molecule has 0 saturated heterocycles. The lowest BCUT2D eigenvalue weighted by Crippen LogP contribution is -2.37. The van der Waals surface area contributed by atoms with Gasteiger partial charge in [-0.15, -0.1) is 0 Å². The van der Waals surface area contributed by atoms with E-state index in [0.29, 0.717) is 17.1 Å². The number of carbonyl (C=O) groups excluding carboxylic acids is 2. The zero-order chi connectivity index (χ0) is 24.6. The van der Waals surface area contributed by atoms with E-state index in [1.807, 2.05) is 61.5 Å². The van der Waals surface area contributed by atoms with Gasteiger partial charge in [-0.1, -0.05) is 60.2 Å². The summed E-state index contributed by atoms with van der Waals surface area (Å²) in [5, 5.41) is 5.81. The molecule has 6 heteroatoms. The van der Waals surface area contributed by atoms with Crippen LogP contribution in [0.15, 0.2) is 107 Å². The van der Waals surface area contributed by atoms with Gasteiger partial charge in [0.2, 0.25) is 0 Å². The summed E-state index contributed by atoms with van der Waals surface area (Å²) in [4.78, 5) is 26.5. The van der Waals surface area contributed by atoms with Gasteiger partial charge in [0, 0.05) is 11.6 Å². The smallest absolute Gasteiger partial charge is 0.268 e. The Balaban J connectivity index is 1.63. The van der Waals surface area contributed by atoms with Gasteiger partial charge in [0.15, 0.2) is 0 Å². The Kier molecular flexibility index (Phi) is 7.43. The third kappa shape index (κ3) is 6.06. The van der Waals surface area contributed by atoms with Crippen LogP contribution in [0.1, 0.15) is 38.9 Å². The molecule has 0 aliphatic heterocycles. The lowest BCUT2D eigenvalue weighted by Gasteiger charge is -2.21. The summed E-state index contributed by atoms with van der Waals surface area (Å²) in [5.74, 6) is 0.205. The average molecular weight is 467 g/mol. The molecule has 1 heterocycles. The average Bonchev–Trinajstić information content (AvgIpc) is 3.41. The molecule has 0 unspecified atom stereocenters. The minimum absolute atomic E-state index is 0.0637. The number of methoxy groups -OCH3 is 1. The molecular formula is C29H26N2O4. The molecule has 0 radical (unpaired) electrons. The zero-order valence-corrected chi connectivity index (χ0v) is 19.5. The molecule has 1 aromatic heterocycles. The van der Waals surface area contributed by atoms with Gasteiger partial charge in [-0.3, -0.25) is 9.59 Å². The molecule has 3 aromatic carbocycles. The first-order valence-corrected chi connectivity index (χ1v) is 11.2. The van der Waals surface area contributed by atoms with Crippen molar-refractivity contribution < 1.29 is 18.7 Å². The van der Waals surface area contributed by atoms with E-state index in [9.17, 15) is 9.59 Å². The van der Waals surface area contributed by atoms with Gasteiger partial charge in [0.25, 0.3) is 11.8 Å². The van der Waals surface area contributed by atoms with Crippen molar-refractivity contribution in [1.82, 2.24) is 10.6 Å².